The number of aromatic nitrogens is 2. The highest BCUT2D eigenvalue weighted by atomic mass is 16.5. The van der Waals surface area contributed by atoms with Crippen molar-refractivity contribution in [2.24, 2.45) is 5.73 Å². The fourth-order valence-corrected chi connectivity index (χ4v) is 2.19. The minimum absolute atomic E-state index is 0.0130. The standard InChI is InChI=1S/C16H17N3O2/c17-13(11-20)10-12-4-6-14(7-5-12)21-16-3-1-2-15-18-8-9-19(15)16/h1-9,13,20H,10-11,17H2. The number of rotatable bonds is 5. The topological polar surface area (TPSA) is 72.8 Å². The first-order chi connectivity index (χ1) is 10.3. The number of benzene rings is 1. The molecule has 5 heteroatoms. The van der Waals surface area contributed by atoms with Gasteiger partial charge in [-0.1, -0.05) is 18.2 Å². The smallest absolute Gasteiger partial charge is 0.205 e. The van der Waals surface area contributed by atoms with Gasteiger partial charge in [0.25, 0.3) is 0 Å². The second-order valence-corrected chi connectivity index (χ2v) is 4.91. The molecular formula is C16H17N3O2. The summed E-state index contributed by atoms with van der Waals surface area (Å²) in [5.74, 6) is 1.46. The van der Waals surface area contributed by atoms with Crippen LogP contribution in [0.2, 0.25) is 0 Å². The molecule has 0 fully saturated rings. The van der Waals surface area contributed by atoms with Gasteiger partial charge in [0.2, 0.25) is 5.88 Å². The Morgan fingerprint density at radius 2 is 2.00 bits per heavy atom. The zero-order valence-electron chi connectivity index (χ0n) is 11.5. The Balaban J connectivity index is 1.77. The quantitative estimate of drug-likeness (QED) is 0.751. The average Bonchev–Trinajstić information content (AvgIpc) is 2.99. The Morgan fingerprint density at radius 1 is 1.19 bits per heavy atom. The number of hydrogen-bond donors (Lipinski definition) is 2. The SMILES string of the molecule is NC(CO)Cc1ccc(Oc2cccc3nccn23)cc1. The van der Waals surface area contributed by atoms with Crippen LogP contribution in [0.1, 0.15) is 5.56 Å². The summed E-state index contributed by atoms with van der Waals surface area (Å²) in [6.45, 7) is -0.0130. The third-order valence-electron chi connectivity index (χ3n) is 3.27. The van der Waals surface area contributed by atoms with Crippen molar-refractivity contribution in [3.8, 4) is 11.6 Å². The molecule has 3 rings (SSSR count). The molecule has 0 radical (unpaired) electrons. The van der Waals surface area contributed by atoms with E-state index in [0.29, 0.717) is 12.3 Å². The van der Waals surface area contributed by atoms with Gasteiger partial charge in [-0.2, -0.15) is 0 Å². The summed E-state index contributed by atoms with van der Waals surface area (Å²) < 4.78 is 7.76. The Kier molecular flexibility index (Phi) is 3.85. The summed E-state index contributed by atoms with van der Waals surface area (Å²) in [5.41, 5.74) is 7.64. The third-order valence-corrected chi connectivity index (χ3v) is 3.27. The number of fused-ring (bicyclic) bond motifs is 1. The number of hydrogen-bond acceptors (Lipinski definition) is 4. The maximum Gasteiger partial charge on any atom is 0.205 e. The van der Waals surface area contributed by atoms with E-state index in [2.05, 4.69) is 4.98 Å². The van der Waals surface area contributed by atoms with Crippen molar-refractivity contribution >= 4 is 5.65 Å². The summed E-state index contributed by atoms with van der Waals surface area (Å²) in [4.78, 5) is 4.22. The van der Waals surface area contributed by atoms with Crippen LogP contribution in [0.15, 0.2) is 54.9 Å². The molecule has 0 aliphatic rings. The lowest BCUT2D eigenvalue weighted by Crippen LogP contribution is -2.26. The second kappa shape index (κ2) is 5.95. The van der Waals surface area contributed by atoms with E-state index in [-0.39, 0.29) is 12.6 Å². The normalized spacial score (nSPS) is 12.5. The van der Waals surface area contributed by atoms with Gasteiger partial charge in [0.05, 0.1) is 6.61 Å². The average molecular weight is 283 g/mol. The molecule has 0 spiro atoms. The molecule has 108 valence electrons. The molecule has 0 saturated heterocycles. The Bertz CT molecular complexity index is 722. The maximum absolute atomic E-state index is 8.97. The van der Waals surface area contributed by atoms with Gasteiger partial charge in [-0.25, -0.2) is 4.98 Å². The molecule has 21 heavy (non-hydrogen) atoms. The number of nitrogens with two attached hydrogens (primary N) is 1. The first-order valence-electron chi connectivity index (χ1n) is 6.81. The molecule has 2 aromatic heterocycles. The monoisotopic (exact) mass is 283 g/mol. The van der Waals surface area contributed by atoms with Crippen LogP contribution in [0.3, 0.4) is 0 Å². The molecule has 0 saturated carbocycles. The van der Waals surface area contributed by atoms with Crippen LogP contribution in [0, 0.1) is 0 Å². The van der Waals surface area contributed by atoms with Gasteiger partial charge in [-0.3, -0.25) is 4.40 Å². The Morgan fingerprint density at radius 3 is 2.76 bits per heavy atom. The molecule has 5 nitrogen and oxygen atoms in total. The zero-order valence-corrected chi connectivity index (χ0v) is 11.5. The third kappa shape index (κ3) is 3.04. The van der Waals surface area contributed by atoms with Crippen molar-refractivity contribution in [1.29, 1.82) is 0 Å². The van der Waals surface area contributed by atoms with Crippen LogP contribution >= 0.6 is 0 Å². The summed E-state index contributed by atoms with van der Waals surface area (Å²) in [5, 5.41) is 8.97. The largest absolute Gasteiger partial charge is 0.440 e. The van der Waals surface area contributed by atoms with Crippen molar-refractivity contribution in [2.75, 3.05) is 6.61 Å². The van der Waals surface area contributed by atoms with E-state index in [4.69, 9.17) is 15.6 Å². The fourth-order valence-electron chi connectivity index (χ4n) is 2.19. The minimum Gasteiger partial charge on any atom is -0.440 e. The van der Waals surface area contributed by atoms with E-state index in [9.17, 15) is 0 Å². The second-order valence-electron chi connectivity index (χ2n) is 4.91. The maximum atomic E-state index is 8.97. The van der Waals surface area contributed by atoms with Crippen LogP contribution in [0.4, 0.5) is 0 Å². The van der Waals surface area contributed by atoms with Crippen LogP contribution in [0.25, 0.3) is 5.65 Å². The molecule has 1 aromatic carbocycles. The summed E-state index contributed by atoms with van der Waals surface area (Å²) >= 11 is 0. The van der Waals surface area contributed by atoms with E-state index >= 15 is 0 Å². The number of pyridine rings is 1. The summed E-state index contributed by atoms with van der Waals surface area (Å²) in [6, 6.07) is 13.2. The highest BCUT2D eigenvalue weighted by Crippen LogP contribution is 2.22. The molecule has 1 unspecified atom stereocenters. The number of imidazole rings is 1. The Labute approximate surface area is 122 Å². The predicted molar refractivity (Wildman–Crippen MR) is 80.5 cm³/mol. The first kappa shape index (κ1) is 13.6. The van der Waals surface area contributed by atoms with Crippen LogP contribution in [0.5, 0.6) is 11.6 Å². The van der Waals surface area contributed by atoms with Crippen LogP contribution < -0.4 is 10.5 Å². The van der Waals surface area contributed by atoms with Crippen molar-refractivity contribution < 1.29 is 9.84 Å². The number of aliphatic hydroxyl groups is 1. The lowest BCUT2D eigenvalue weighted by Gasteiger charge is -2.10. The van der Waals surface area contributed by atoms with Gasteiger partial charge in [0.15, 0.2) is 0 Å². The number of nitrogens with zero attached hydrogens (tertiary/aromatic N) is 2. The van der Waals surface area contributed by atoms with Crippen molar-refractivity contribution in [2.45, 2.75) is 12.5 Å². The summed E-state index contributed by atoms with van der Waals surface area (Å²) in [6.07, 6.45) is 4.24. The molecule has 0 aliphatic carbocycles. The lowest BCUT2D eigenvalue weighted by atomic mass is 10.1. The van der Waals surface area contributed by atoms with E-state index in [1.165, 1.54) is 0 Å². The van der Waals surface area contributed by atoms with Crippen molar-refractivity contribution in [3.05, 3.63) is 60.4 Å². The highest BCUT2D eigenvalue weighted by Gasteiger charge is 2.05. The van der Waals surface area contributed by atoms with Crippen molar-refractivity contribution in [3.63, 3.8) is 0 Å². The molecule has 3 aromatic rings. The van der Waals surface area contributed by atoms with Crippen molar-refractivity contribution in [1.82, 2.24) is 9.38 Å². The van der Waals surface area contributed by atoms with E-state index in [1.807, 2.05) is 53.1 Å². The van der Waals surface area contributed by atoms with Gasteiger partial charge in [0, 0.05) is 18.4 Å². The summed E-state index contributed by atoms with van der Waals surface area (Å²) in [7, 11) is 0. The highest BCUT2D eigenvalue weighted by molar-refractivity contribution is 5.43. The molecule has 0 amide bonds. The van der Waals surface area contributed by atoms with Gasteiger partial charge < -0.3 is 15.6 Å². The number of aliphatic hydroxyl groups excluding tert-OH is 1. The van der Waals surface area contributed by atoms with Crippen LogP contribution in [-0.2, 0) is 6.42 Å². The Hall–Kier alpha value is -2.37. The van der Waals surface area contributed by atoms with E-state index in [1.54, 1.807) is 6.20 Å². The first-order valence-corrected chi connectivity index (χ1v) is 6.81. The molecule has 2 heterocycles. The van der Waals surface area contributed by atoms with Gasteiger partial charge in [0.1, 0.15) is 11.4 Å². The predicted octanol–water partition coefficient (Wildman–Crippen LogP) is 1.99. The van der Waals surface area contributed by atoms with Gasteiger partial charge >= 0.3 is 0 Å². The zero-order chi connectivity index (χ0) is 14.7. The number of ether oxygens (including phenoxy) is 1. The van der Waals surface area contributed by atoms with E-state index in [0.717, 1.165) is 17.0 Å². The molecular weight excluding hydrogens is 266 g/mol. The fraction of sp³-hybridized carbons (Fsp3) is 0.188. The van der Waals surface area contributed by atoms with E-state index < -0.39 is 0 Å². The molecule has 3 N–H and O–H groups in total. The van der Waals surface area contributed by atoms with Crippen LogP contribution in [-0.4, -0.2) is 27.1 Å². The minimum atomic E-state index is -0.225. The molecule has 0 aliphatic heterocycles. The van der Waals surface area contributed by atoms with Gasteiger partial charge in [-0.05, 0) is 36.2 Å². The molecule has 1 atom stereocenters. The van der Waals surface area contributed by atoms with Gasteiger partial charge in [-0.15, -0.1) is 0 Å². The molecule has 0 bridgehead atoms. The lowest BCUT2D eigenvalue weighted by molar-refractivity contribution is 0.265.